The average molecular weight is 781 g/mol. The third-order valence-corrected chi connectivity index (χ3v) is 9.97. The highest BCUT2D eigenvalue weighted by molar-refractivity contribution is 6.10. The highest BCUT2D eigenvalue weighted by Gasteiger charge is 2.38. The Bertz CT molecular complexity index is 2930. The molecule has 284 valence electrons. The summed E-state index contributed by atoms with van der Waals surface area (Å²) in [5.74, 6) is 0.730. The summed E-state index contributed by atoms with van der Waals surface area (Å²) < 4.78 is 100. The van der Waals surface area contributed by atoms with Crippen LogP contribution in [0.1, 0.15) is 11.1 Å². The number of nitrogens with zero attached hydrogens (tertiary/aromatic N) is 4. The predicted octanol–water partition coefficient (Wildman–Crippen LogP) is 13.5. The summed E-state index contributed by atoms with van der Waals surface area (Å²) in [6.45, 7) is 0. The fraction of sp³-hybridized carbons (Fsp3) is 0.0426. The van der Waals surface area contributed by atoms with Crippen LogP contribution in [-0.4, -0.2) is 19.5 Å². The van der Waals surface area contributed by atoms with Gasteiger partial charge in [0.1, 0.15) is 5.82 Å². The Kier molecular flexibility index (Phi) is 8.88. The molecule has 0 bridgehead atoms. The van der Waals surface area contributed by atoms with Gasteiger partial charge in [0.15, 0.2) is 17.5 Å². The number of alkyl halides is 6. The zero-order chi connectivity index (χ0) is 40.2. The van der Waals surface area contributed by atoms with Crippen LogP contribution >= 0.6 is 0 Å². The summed E-state index contributed by atoms with van der Waals surface area (Å²) in [6, 6.07) is 44.4. The maximum Gasteiger partial charge on any atom is 0.417 e. The van der Waals surface area contributed by atoms with Crippen LogP contribution in [0.15, 0.2) is 164 Å². The summed E-state index contributed by atoms with van der Waals surface area (Å²) >= 11 is 0. The van der Waals surface area contributed by atoms with E-state index < -0.39 is 29.3 Å². The van der Waals surface area contributed by atoms with Gasteiger partial charge in [0, 0.05) is 33.2 Å². The first-order valence-corrected chi connectivity index (χ1v) is 18.0. The van der Waals surface area contributed by atoms with E-state index in [1.165, 1.54) is 18.2 Å². The molecule has 0 amide bonds. The van der Waals surface area contributed by atoms with Crippen molar-refractivity contribution in [3.8, 4) is 62.1 Å². The van der Waals surface area contributed by atoms with E-state index in [2.05, 4.69) is 0 Å². The molecule has 0 unspecified atom stereocenters. The maximum absolute atomic E-state index is 14.8. The summed E-state index contributed by atoms with van der Waals surface area (Å²) in [6.07, 6.45) is -10.00. The van der Waals surface area contributed by atoms with Gasteiger partial charge in [-0.2, -0.15) is 26.3 Å². The second-order valence-corrected chi connectivity index (χ2v) is 13.6. The minimum absolute atomic E-state index is 0.102. The standard InChI is InChI=1S/C47H27F7N4/c48-33-15-9-14-30(24-33)35-22-20-34(27-39(35)45-56-43(28-10-3-1-4-11-28)55-44(57-45)29-12-5-2-6-13-29)58-41-17-8-7-16-37(41)38-25-31(18-23-42(38)58)36-21-19-32(46(49,50)51)26-40(36)47(52,53)54/h1-27H. The molecule has 7 aromatic carbocycles. The van der Waals surface area contributed by atoms with Crippen LogP contribution in [0.3, 0.4) is 0 Å². The fourth-order valence-corrected chi connectivity index (χ4v) is 7.32. The number of aromatic nitrogens is 4. The van der Waals surface area contributed by atoms with Crippen molar-refractivity contribution in [2.45, 2.75) is 12.4 Å². The van der Waals surface area contributed by atoms with E-state index in [1.807, 2.05) is 102 Å². The molecule has 2 aromatic heterocycles. The third-order valence-electron chi connectivity index (χ3n) is 9.97. The van der Waals surface area contributed by atoms with E-state index in [4.69, 9.17) is 15.0 Å². The molecule has 0 saturated carbocycles. The second kappa shape index (κ2) is 14.1. The number of para-hydroxylation sites is 1. The van der Waals surface area contributed by atoms with Gasteiger partial charge in [0.05, 0.1) is 22.2 Å². The van der Waals surface area contributed by atoms with E-state index in [9.17, 15) is 30.7 Å². The molecule has 2 heterocycles. The molecule has 0 saturated heterocycles. The number of rotatable bonds is 6. The fourth-order valence-electron chi connectivity index (χ4n) is 7.32. The zero-order valence-electron chi connectivity index (χ0n) is 30.0. The first kappa shape index (κ1) is 36.5. The van der Waals surface area contributed by atoms with Crippen molar-refractivity contribution < 1.29 is 30.7 Å². The minimum atomic E-state index is -5.05. The number of hydrogen-bond donors (Lipinski definition) is 0. The quantitative estimate of drug-likeness (QED) is 0.158. The topological polar surface area (TPSA) is 43.6 Å². The van der Waals surface area contributed by atoms with Gasteiger partial charge in [0.25, 0.3) is 0 Å². The van der Waals surface area contributed by atoms with Crippen molar-refractivity contribution >= 4 is 21.8 Å². The number of fused-ring (bicyclic) bond motifs is 3. The lowest BCUT2D eigenvalue weighted by Gasteiger charge is -2.17. The van der Waals surface area contributed by atoms with Gasteiger partial charge in [-0.25, -0.2) is 19.3 Å². The monoisotopic (exact) mass is 780 g/mol. The van der Waals surface area contributed by atoms with Gasteiger partial charge in [-0.1, -0.05) is 109 Å². The molecular weight excluding hydrogens is 754 g/mol. The van der Waals surface area contributed by atoms with Crippen molar-refractivity contribution in [3.63, 3.8) is 0 Å². The lowest BCUT2D eigenvalue weighted by Crippen LogP contribution is -2.12. The van der Waals surface area contributed by atoms with E-state index in [0.29, 0.717) is 67.7 Å². The molecule has 0 aliphatic rings. The van der Waals surface area contributed by atoms with Crippen LogP contribution in [0, 0.1) is 5.82 Å². The average Bonchev–Trinajstić information content (AvgIpc) is 3.57. The van der Waals surface area contributed by atoms with Gasteiger partial charge in [-0.05, 0) is 76.9 Å². The van der Waals surface area contributed by atoms with Gasteiger partial charge < -0.3 is 4.57 Å². The van der Waals surface area contributed by atoms with Crippen molar-refractivity contribution in [2.24, 2.45) is 0 Å². The Balaban J connectivity index is 1.28. The smallest absolute Gasteiger partial charge is 0.309 e. The number of hydrogen-bond acceptors (Lipinski definition) is 3. The Morgan fingerprint density at radius 1 is 0.397 bits per heavy atom. The Morgan fingerprint density at radius 3 is 1.64 bits per heavy atom. The first-order chi connectivity index (χ1) is 27.9. The van der Waals surface area contributed by atoms with Crippen LogP contribution in [0.5, 0.6) is 0 Å². The molecular formula is C47H27F7N4. The van der Waals surface area contributed by atoms with E-state index >= 15 is 0 Å². The molecule has 0 aliphatic carbocycles. The van der Waals surface area contributed by atoms with Crippen LogP contribution in [-0.2, 0) is 12.4 Å². The van der Waals surface area contributed by atoms with Crippen LogP contribution in [0.2, 0.25) is 0 Å². The van der Waals surface area contributed by atoms with Gasteiger partial charge in [-0.15, -0.1) is 0 Å². The predicted molar refractivity (Wildman–Crippen MR) is 211 cm³/mol. The molecule has 9 rings (SSSR count). The van der Waals surface area contributed by atoms with Crippen LogP contribution in [0.25, 0.3) is 83.9 Å². The van der Waals surface area contributed by atoms with Gasteiger partial charge in [0.2, 0.25) is 0 Å². The summed E-state index contributed by atoms with van der Waals surface area (Å²) in [4.78, 5) is 14.8. The molecule has 9 aromatic rings. The summed E-state index contributed by atoms with van der Waals surface area (Å²) in [7, 11) is 0. The first-order valence-electron chi connectivity index (χ1n) is 18.0. The molecule has 0 radical (unpaired) electrons. The summed E-state index contributed by atoms with van der Waals surface area (Å²) in [5, 5.41) is 1.28. The lowest BCUT2D eigenvalue weighted by atomic mass is 9.95. The van der Waals surface area contributed by atoms with Crippen LogP contribution < -0.4 is 0 Å². The highest BCUT2D eigenvalue weighted by Crippen LogP contribution is 2.43. The minimum Gasteiger partial charge on any atom is -0.309 e. The molecule has 0 spiro atoms. The van der Waals surface area contributed by atoms with Gasteiger partial charge >= 0.3 is 12.4 Å². The highest BCUT2D eigenvalue weighted by atomic mass is 19.4. The molecule has 0 fully saturated rings. The second-order valence-electron chi connectivity index (χ2n) is 13.6. The Hall–Kier alpha value is -7.14. The SMILES string of the molecule is Fc1cccc(-c2ccc(-n3c4ccccc4c4cc(-c5ccc(C(F)(F)F)cc5C(F)(F)F)ccc43)cc2-c2nc(-c3ccccc3)nc(-c3ccccc3)n2)c1. The lowest BCUT2D eigenvalue weighted by molar-refractivity contribution is -0.142. The third kappa shape index (κ3) is 6.74. The number of halogens is 7. The van der Waals surface area contributed by atoms with E-state index in [1.54, 1.807) is 30.3 Å². The number of benzene rings is 7. The molecule has 0 atom stereocenters. The Labute approximate surface area is 326 Å². The van der Waals surface area contributed by atoms with Crippen molar-refractivity contribution in [1.82, 2.24) is 19.5 Å². The molecule has 4 nitrogen and oxygen atoms in total. The molecule has 58 heavy (non-hydrogen) atoms. The molecule has 11 heteroatoms. The van der Waals surface area contributed by atoms with Crippen molar-refractivity contribution in [3.05, 3.63) is 181 Å². The van der Waals surface area contributed by atoms with E-state index in [-0.39, 0.29) is 17.2 Å². The Morgan fingerprint density at radius 2 is 0.983 bits per heavy atom. The normalized spacial score (nSPS) is 12.1. The molecule has 0 N–H and O–H groups in total. The molecule has 0 aliphatic heterocycles. The van der Waals surface area contributed by atoms with Gasteiger partial charge in [-0.3, -0.25) is 0 Å². The van der Waals surface area contributed by atoms with Crippen molar-refractivity contribution in [1.29, 1.82) is 0 Å². The van der Waals surface area contributed by atoms with E-state index in [0.717, 1.165) is 17.2 Å². The zero-order valence-corrected chi connectivity index (χ0v) is 30.0. The maximum atomic E-state index is 14.8. The summed E-state index contributed by atoms with van der Waals surface area (Å²) in [5.41, 5.74) is 2.22. The largest absolute Gasteiger partial charge is 0.417 e. The van der Waals surface area contributed by atoms with Crippen LogP contribution in [0.4, 0.5) is 30.7 Å². The van der Waals surface area contributed by atoms with Crippen molar-refractivity contribution in [2.75, 3.05) is 0 Å².